The van der Waals surface area contributed by atoms with Gasteiger partial charge in [0.2, 0.25) is 0 Å². The molecule has 0 radical (unpaired) electrons. The maximum Gasteiger partial charge on any atom is 0.314 e. The number of aliphatic carboxylic acids is 1. The highest BCUT2D eigenvalue weighted by Gasteiger charge is 2.42. The Morgan fingerprint density at radius 3 is 2.19 bits per heavy atom. The molecule has 2 rings (SSSR count). The van der Waals surface area contributed by atoms with Gasteiger partial charge in [-0.2, -0.15) is 0 Å². The van der Waals surface area contributed by atoms with Gasteiger partial charge in [-0.3, -0.25) is 4.79 Å². The minimum absolute atomic E-state index is 0.215. The molecule has 0 atom stereocenters. The molecule has 4 nitrogen and oxygen atoms in total. The number of benzene rings is 1. The Morgan fingerprint density at radius 2 is 1.71 bits per heavy atom. The van der Waals surface area contributed by atoms with Gasteiger partial charge < -0.3 is 5.11 Å². The van der Waals surface area contributed by atoms with E-state index in [-0.39, 0.29) is 4.90 Å². The summed E-state index contributed by atoms with van der Waals surface area (Å²) in [5.41, 5.74) is 1.47. The van der Waals surface area contributed by atoms with Crippen molar-refractivity contribution < 1.29 is 18.3 Å². The second-order valence-corrected chi connectivity index (χ2v) is 8.15. The highest BCUT2D eigenvalue weighted by atomic mass is 32.2. The average Bonchev–Trinajstić information content (AvgIpc) is 2.41. The maximum atomic E-state index is 12.0. The summed E-state index contributed by atoms with van der Waals surface area (Å²) in [6.07, 6.45) is 5.10. The third-order valence-electron chi connectivity index (χ3n) is 4.70. The Hall–Kier alpha value is -1.36. The first-order valence-electron chi connectivity index (χ1n) is 7.24. The Labute approximate surface area is 126 Å². The summed E-state index contributed by atoms with van der Waals surface area (Å²) in [5, 5.41) is 9.80. The van der Waals surface area contributed by atoms with Gasteiger partial charge in [0, 0.05) is 6.26 Å². The van der Waals surface area contributed by atoms with E-state index < -0.39 is 21.2 Å². The second-order valence-electron chi connectivity index (χ2n) is 6.13. The van der Waals surface area contributed by atoms with Crippen LogP contribution in [-0.4, -0.2) is 25.7 Å². The van der Waals surface area contributed by atoms with Crippen LogP contribution in [0.15, 0.2) is 17.0 Å². The molecule has 1 fully saturated rings. The fourth-order valence-corrected chi connectivity index (χ4v) is 4.01. The van der Waals surface area contributed by atoms with E-state index in [1.54, 1.807) is 12.1 Å². The fourth-order valence-electron chi connectivity index (χ4n) is 3.29. The molecule has 0 heterocycles. The number of hydrogen-bond acceptors (Lipinski definition) is 3. The number of rotatable bonds is 3. The highest BCUT2D eigenvalue weighted by Crippen LogP contribution is 2.42. The van der Waals surface area contributed by atoms with Crippen LogP contribution in [0.3, 0.4) is 0 Å². The van der Waals surface area contributed by atoms with Crippen molar-refractivity contribution in [2.75, 3.05) is 6.26 Å². The van der Waals surface area contributed by atoms with Crippen molar-refractivity contribution in [3.05, 3.63) is 28.8 Å². The van der Waals surface area contributed by atoms with Crippen LogP contribution in [0.4, 0.5) is 0 Å². The zero-order valence-electron chi connectivity index (χ0n) is 12.8. The molecular formula is C16H22O4S. The van der Waals surface area contributed by atoms with Gasteiger partial charge in [0.25, 0.3) is 0 Å². The van der Waals surface area contributed by atoms with E-state index in [9.17, 15) is 18.3 Å². The lowest BCUT2D eigenvalue weighted by Gasteiger charge is -2.35. The van der Waals surface area contributed by atoms with Crippen molar-refractivity contribution >= 4 is 15.8 Å². The van der Waals surface area contributed by atoms with Crippen LogP contribution in [0, 0.1) is 13.8 Å². The Balaban J connectivity index is 2.71. The molecule has 1 N–H and O–H groups in total. The molecule has 21 heavy (non-hydrogen) atoms. The molecule has 0 spiro atoms. The molecule has 1 aliphatic carbocycles. The molecular weight excluding hydrogens is 288 g/mol. The second kappa shape index (κ2) is 5.44. The van der Waals surface area contributed by atoms with Gasteiger partial charge in [-0.1, -0.05) is 19.3 Å². The van der Waals surface area contributed by atoms with Gasteiger partial charge >= 0.3 is 5.97 Å². The molecule has 0 aliphatic heterocycles. The van der Waals surface area contributed by atoms with Gasteiger partial charge in [-0.05, 0) is 55.5 Å². The van der Waals surface area contributed by atoms with Crippen molar-refractivity contribution in [2.24, 2.45) is 0 Å². The largest absolute Gasteiger partial charge is 0.481 e. The van der Waals surface area contributed by atoms with Crippen molar-refractivity contribution in [1.29, 1.82) is 0 Å². The maximum absolute atomic E-state index is 12.0. The first-order chi connectivity index (χ1) is 9.68. The predicted octanol–water partition coefficient (Wildman–Crippen LogP) is 2.99. The van der Waals surface area contributed by atoms with Crippen molar-refractivity contribution in [3.8, 4) is 0 Å². The van der Waals surface area contributed by atoms with Gasteiger partial charge in [0.05, 0.1) is 10.3 Å². The number of sulfone groups is 1. The first-order valence-corrected chi connectivity index (χ1v) is 9.13. The summed E-state index contributed by atoms with van der Waals surface area (Å²) in [7, 11) is -3.35. The number of aryl methyl sites for hydroxylation is 1. The van der Waals surface area contributed by atoms with Crippen molar-refractivity contribution in [2.45, 2.75) is 56.3 Å². The SMILES string of the molecule is Cc1cc(S(C)(=O)=O)cc(C2(C(=O)O)CCCCC2)c1C. The molecule has 116 valence electrons. The minimum atomic E-state index is -3.35. The molecule has 1 saturated carbocycles. The van der Waals surface area contributed by atoms with Crippen LogP contribution >= 0.6 is 0 Å². The lowest BCUT2D eigenvalue weighted by atomic mass is 9.68. The van der Waals surface area contributed by atoms with Crippen molar-refractivity contribution in [1.82, 2.24) is 0 Å². The van der Waals surface area contributed by atoms with Crippen LogP contribution in [0.1, 0.15) is 48.8 Å². The Bertz CT molecular complexity index is 668. The van der Waals surface area contributed by atoms with Gasteiger partial charge in [0.15, 0.2) is 9.84 Å². The normalized spacial score (nSPS) is 18.4. The number of carbonyl (C=O) groups is 1. The van der Waals surface area contributed by atoms with Crippen LogP contribution in [0.25, 0.3) is 0 Å². The highest BCUT2D eigenvalue weighted by molar-refractivity contribution is 7.90. The summed E-state index contributed by atoms with van der Waals surface area (Å²) >= 11 is 0. The van der Waals surface area contributed by atoms with E-state index in [1.807, 2.05) is 13.8 Å². The molecule has 0 aromatic heterocycles. The van der Waals surface area contributed by atoms with E-state index in [1.165, 1.54) is 0 Å². The Kier molecular flexibility index (Phi) is 4.15. The first kappa shape index (κ1) is 16.0. The molecule has 1 aliphatic rings. The van der Waals surface area contributed by atoms with Gasteiger partial charge in [-0.15, -0.1) is 0 Å². The quantitative estimate of drug-likeness (QED) is 0.931. The minimum Gasteiger partial charge on any atom is -0.481 e. The fraction of sp³-hybridized carbons (Fsp3) is 0.562. The Morgan fingerprint density at radius 1 is 1.14 bits per heavy atom. The van der Waals surface area contributed by atoms with E-state index in [2.05, 4.69) is 0 Å². The topological polar surface area (TPSA) is 71.4 Å². The molecule has 1 aromatic carbocycles. The lowest BCUT2D eigenvalue weighted by Crippen LogP contribution is -2.38. The molecule has 0 unspecified atom stereocenters. The molecule has 0 saturated heterocycles. The predicted molar refractivity (Wildman–Crippen MR) is 81.4 cm³/mol. The van der Waals surface area contributed by atoms with E-state index in [4.69, 9.17) is 0 Å². The third-order valence-corrected chi connectivity index (χ3v) is 5.79. The smallest absolute Gasteiger partial charge is 0.314 e. The monoisotopic (exact) mass is 310 g/mol. The number of carboxylic acid groups (broad SMARTS) is 1. The van der Waals surface area contributed by atoms with Crippen LogP contribution < -0.4 is 0 Å². The van der Waals surface area contributed by atoms with Crippen LogP contribution in [0.5, 0.6) is 0 Å². The summed E-state index contributed by atoms with van der Waals surface area (Å²) < 4.78 is 23.7. The van der Waals surface area contributed by atoms with Gasteiger partial charge in [-0.25, -0.2) is 8.42 Å². The van der Waals surface area contributed by atoms with Crippen LogP contribution in [-0.2, 0) is 20.0 Å². The third kappa shape index (κ3) is 2.84. The van der Waals surface area contributed by atoms with Crippen molar-refractivity contribution in [3.63, 3.8) is 0 Å². The summed E-state index contributed by atoms with van der Waals surface area (Å²) in [6.45, 7) is 3.72. The molecule has 5 heteroatoms. The lowest BCUT2D eigenvalue weighted by molar-refractivity contribution is -0.145. The summed E-state index contributed by atoms with van der Waals surface area (Å²) in [5.74, 6) is -0.838. The van der Waals surface area contributed by atoms with E-state index in [0.717, 1.165) is 36.6 Å². The molecule has 1 aromatic rings. The zero-order valence-corrected chi connectivity index (χ0v) is 13.6. The number of carboxylic acids is 1. The molecule has 0 bridgehead atoms. The number of hydrogen-bond donors (Lipinski definition) is 1. The standard InChI is InChI=1S/C16H22O4S/c1-11-9-13(21(3,19)20)10-14(12(11)2)16(15(17)18)7-5-4-6-8-16/h9-10H,4-8H2,1-3H3,(H,17,18). The average molecular weight is 310 g/mol. The van der Waals surface area contributed by atoms with Gasteiger partial charge in [0.1, 0.15) is 0 Å². The van der Waals surface area contributed by atoms with E-state index in [0.29, 0.717) is 18.4 Å². The van der Waals surface area contributed by atoms with Crippen LogP contribution in [0.2, 0.25) is 0 Å². The molecule has 0 amide bonds. The summed E-state index contributed by atoms with van der Waals surface area (Å²) in [6, 6.07) is 3.21. The summed E-state index contributed by atoms with van der Waals surface area (Å²) in [4.78, 5) is 12.2. The zero-order chi connectivity index (χ0) is 15.8. The van der Waals surface area contributed by atoms with E-state index >= 15 is 0 Å².